The van der Waals surface area contributed by atoms with Crippen molar-refractivity contribution < 1.29 is 8.42 Å². The fourth-order valence-corrected chi connectivity index (χ4v) is 3.58. The number of unbranched alkanes of at least 4 members (excludes halogenated alkanes) is 1. The summed E-state index contributed by atoms with van der Waals surface area (Å²) in [7, 11) is -3.07. The Kier molecular flexibility index (Phi) is 7.18. The average molecular weight is 360 g/mol. The van der Waals surface area contributed by atoms with Crippen molar-refractivity contribution in [1.29, 1.82) is 0 Å². The minimum Gasteiger partial charge on any atom is -0.261 e. The Morgan fingerprint density at radius 3 is 2.00 bits per heavy atom. The first-order chi connectivity index (χ1) is 11.9. The van der Waals surface area contributed by atoms with Gasteiger partial charge in [-0.05, 0) is 62.3 Å². The molecule has 4 heteroatoms. The molecule has 0 aliphatic rings. The van der Waals surface area contributed by atoms with Crippen molar-refractivity contribution >= 4 is 9.84 Å². The van der Waals surface area contributed by atoms with E-state index in [9.17, 15) is 8.42 Å². The Morgan fingerprint density at radius 2 is 1.48 bits per heavy atom. The second-order valence-corrected chi connectivity index (χ2v) is 9.49. The van der Waals surface area contributed by atoms with Crippen LogP contribution in [0.25, 0.3) is 0 Å². The Balaban J connectivity index is 1.89. The molecule has 2 rings (SSSR count). The Morgan fingerprint density at radius 1 is 0.880 bits per heavy atom. The van der Waals surface area contributed by atoms with Gasteiger partial charge in [-0.15, -0.1) is 0 Å². The highest BCUT2D eigenvalue weighted by Crippen LogP contribution is 2.13. The normalized spacial score (nSPS) is 11.8. The van der Waals surface area contributed by atoms with E-state index in [1.807, 2.05) is 12.1 Å². The lowest BCUT2D eigenvalue weighted by Crippen LogP contribution is -2.16. The topological polar surface area (TPSA) is 47.0 Å². The molecule has 136 valence electrons. The highest BCUT2D eigenvalue weighted by Gasteiger charge is 2.16. The van der Waals surface area contributed by atoms with Gasteiger partial charge in [0.15, 0.2) is 9.84 Å². The standard InChI is InChI=1S/C21H29NO2S/c1-4-5-6-18-7-9-19(10-8-18)11-13-21-14-12-20(15-22-21)16-25(23,24)17(2)3/h7-10,12,14-15,17H,4-6,11,13,16H2,1-3H3. The molecule has 2 aromatic rings. The maximum Gasteiger partial charge on any atom is 0.156 e. The summed E-state index contributed by atoms with van der Waals surface area (Å²) in [6, 6.07) is 12.7. The molecule has 25 heavy (non-hydrogen) atoms. The molecule has 1 aromatic heterocycles. The molecule has 0 saturated heterocycles. The van der Waals surface area contributed by atoms with Crippen molar-refractivity contribution in [3.8, 4) is 0 Å². The van der Waals surface area contributed by atoms with Gasteiger partial charge in [0.1, 0.15) is 0 Å². The van der Waals surface area contributed by atoms with Gasteiger partial charge in [0, 0.05) is 11.9 Å². The van der Waals surface area contributed by atoms with Crippen molar-refractivity contribution in [1.82, 2.24) is 4.98 Å². The number of nitrogens with zero attached hydrogens (tertiary/aromatic N) is 1. The SMILES string of the molecule is CCCCc1ccc(CCc2ccc(CS(=O)(=O)C(C)C)cn2)cc1. The highest BCUT2D eigenvalue weighted by molar-refractivity contribution is 7.91. The zero-order chi connectivity index (χ0) is 18.3. The summed E-state index contributed by atoms with van der Waals surface area (Å²) in [6.45, 7) is 5.64. The van der Waals surface area contributed by atoms with E-state index in [4.69, 9.17) is 0 Å². The highest BCUT2D eigenvalue weighted by atomic mass is 32.2. The minimum atomic E-state index is -3.07. The van der Waals surface area contributed by atoms with E-state index >= 15 is 0 Å². The van der Waals surface area contributed by atoms with Crippen LogP contribution in [0.15, 0.2) is 42.6 Å². The molecular formula is C21H29NO2S. The maximum absolute atomic E-state index is 12.0. The Labute approximate surface area is 152 Å². The third-order valence-electron chi connectivity index (χ3n) is 4.48. The van der Waals surface area contributed by atoms with Crippen molar-refractivity contribution in [3.05, 3.63) is 65.0 Å². The summed E-state index contributed by atoms with van der Waals surface area (Å²) < 4.78 is 23.9. The van der Waals surface area contributed by atoms with E-state index in [1.54, 1.807) is 20.0 Å². The molecule has 0 aliphatic carbocycles. The van der Waals surface area contributed by atoms with Crippen molar-refractivity contribution in [2.75, 3.05) is 0 Å². The number of pyridine rings is 1. The van der Waals surface area contributed by atoms with Gasteiger partial charge >= 0.3 is 0 Å². The van der Waals surface area contributed by atoms with Crippen LogP contribution >= 0.6 is 0 Å². The van der Waals surface area contributed by atoms with Crippen molar-refractivity contribution in [2.45, 2.75) is 63.9 Å². The lowest BCUT2D eigenvalue weighted by molar-refractivity contribution is 0.586. The van der Waals surface area contributed by atoms with Gasteiger partial charge in [-0.2, -0.15) is 0 Å². The first-order valence-electron chi connectivity index (χ1n) is 9.14. The van der Waals surface area contributed by atoms with Gasteiger partial charge in [0.25, 0.3) is 0 Å². The lowest BCUT2D eigenvalue weighted by Gasteiger charge is -2.08. The van der Waals surface area contributed by atoms with Crippen LogP contribution in [0.2, 0.25) is 0 Å². The van der Waals surface area contributed by atoms with Crippen LogP contribution < -0.4 is 0 Å². The number of benzene rings is 1. The molecule has 0 radical (unpaired) electrons. The van der Waals surface area contributed by atoms with Gasteiger partial charge in [0.05, 0.1) is 11.0 Å². The Bertz CT molecular complexity index is 747. The van der Waals surface area contributed by atoms with Gasteiger partial charge in [-0.25, -0.2) is 8.42 Å². The molecule has 0 spiro atoms. The first kappa shape index (κ1) is 19.6. The summed E-state index contributed by atoms with van der Waals surface area (Å²) in [6.07, 6.45) is 7.13. The van der Waals surface area contributed by atoms with Gasteiger partial charge in [-0.3, -0.25) is 4.98 Å². The van der Waals surface area contributed by atoms with Crippen LogP contribution in [0.1, 0.15) is 56.0 Å². The van der Waals surface area contributed by atoms with Crippen LogP contribution in [0.3, 0.4) is 0 Å². The number of aromatic nitrogens is 1. The largest absolute Gasteiger partial charge is 0.261 e. The molecule has 0 aliphatic heterocycles. The number of rotatable bonds is 9. The van der Waals surface area contributed by atoms with E-state index in [0.29, 0.717) is 0 Å². The molecule has 0 fully saturated rings. The van der Waals surface area contributed by atoms with Crippen LogP contribution in [0, 0.1) is 0 Å². The zero-order valence-electron chi connectivity index (χ0n) is 15.5. The van der Waals surface area contributed by atoms with Crippen LogP contribution in [0.5, 0.6) is 0 Å². The number of hydrogen-bond acceptors (Lipinski definition) is 3. The summed E-state index contributed by atoms with van der Waals surface area (Å²) in [5.41, 5.74) is 4.48. The molecule has 0 unspecified atom stereocenters. The van der Waals surface area contributed by atoms with Crippen LogP contribution in [-0.2, 0) is 34.9 Å². The van der Waals surface area contributed by atoms with Gasteiger partial charge in [0.2, 0.25) is 0 Å². The smallest absolute Gasteiger partial charge is 0.156 e. The van der Waals surface area contributed by atoms with Crippen LogP contribution in [0.4, 0.5) is 0 Å². The third kappa shape index (κ3) is 6.28. The molecular weight excluding hydrogens is 330 g/mol. The Hall–Kier alpha value is -1.68. The predicted molar refractivity (Wildman–Crippen MR) is 104 cm³/mol. The van der Waals surface area contributed by atoms with Crippen molar-refractivity contribution in [3.63, 3.8) is 0 Å². The molecule has 0 saturated carbocycles. The maximum atomic E-state index is 12.0. The number of sulfone groups is 1. The molecule has 1 heterocycles. The molecule has 0 amide bonds. The first-order valence-corrected chi connectivity index (χ1v) is 10.9. The molecule has 0 bridgehead atoms. The van der Waals surface area contributed by atoms with E-state index in [1.165, 1.54) is 24.0 Å². The quantitative estimate of drug-likeness (QED) is 0.661. The van der Waals surface area contributed by atoms with Crippen LogP contribution in [-0.4, -0.2) is 18.7 Å². The van der Waals surface area contributed by atoms with Gasteiger partial charge in [-0.1, -0.05) is 43.7 Å². The molecule has 3 nitrogen and oxygen atoms in total. The molecule has 0 N–H and O–H groups in total. The second kappa shape index (κ2) is 9.14. The lowest BCUT2D eigenvalue weighted by atomic mass is 10.0. The fraction of sp³-hybridized carbons (Fsp3) is 0.476. The number of aryl methyl sites for hydroxylation is 3. The third-order valence-corrected chi connectivity index (χ3v) is 6.66. The van der Waals surface area contributed by atoms with E-state index in [-0.39, 0.29) is 11.0 Å². The average Bonchev–Trinajstić information content (AvgIpc) is 2.60. The number of hydrogen-bond donors (Lipinski definition) is 0. The fourth-order valence-electron chi connectivity index (χ4n) is 2.61. The molecule has 0 atom stereocenters. The van der Waals surface area contributed by atoms with Gasteiger partial charge < -0.3 is 0 Å². The van der Waals surface area contributed by atoms with E-state index in [0.717, 1.165) is 30.5 Å². The second-order valence-electron chi connectivity index (χ2n) is 6.93. The minimum absolute atomic E-state index is 0.0666. The summed E-state index contributed by atoms with van der Waals surface area (Å²) in [5.74, 6) is 0.0666. The summed E-state index contributed by atoms with van der Waals surface area (Å²) in [5, 5.41) is -0.354. The zero-order valence-corrected chi connectivity index (χ0v) is 16.3. The van der Waals surface area contributed by atoms with E-state index in [2.05, 4.69) is 36.2 Å². The summed E-state index contributed by atoms with van der Waals surface area (Å²) >= 11 is 0. The predicted octanol–water partition coefficient (Wildman–Crippen LogP) is 4.53. The van der Waals surface area contributed by atoms with Crippen molar-refractivity contribution in [2.24, 2.45) is 0 Å². The summed E-state index contributed by atoms with van der Waals surface area (Å²) in [4.78, 5) is 4.43. The monoisotopic (exact) mass is 359 g/mol. The van der Waals surface area contributed by atoms with E-state index < -0.39 is 9.84 Å². The molecule has 1 aromatic carbocycles.